The van der Waals surface area contributed by atoms with Crippen molar-refractivity contribution in [3.63, 3.8) is 0 Å². The molecule has 0 radical (unpaired) electrons. The number of aromatic nitrogens is 1. The maximum atomic E-state index is 10.6. The molecule has 0 aliphatic carbocycles. The number of hydrogen-bond donors (Lipinski definition) is 2. The van der Waals surface area contributed by atoms with Gasteiger partial charge in [0, 0.05) is 12.6 Å². The highest BCUT2D eigenvalue weighted by molar-refractivity contribution is 5.48. The van der Waals surface area contributed by atoms with E-state index in [-0.39, 0.29) is 11.4 Å². The molecular formula is C14H15N3O3. The smallest absolute Gasteiger partial charge is 0.287 e. The Bertz CT molecular complexity index is 612. The van der Waals surface area contributed by atoms with Crippen LogP contribution in [-0.2, 0) is 6.42 Å². The molecule has 0 fully saturated rings. The molecule has 0 aliphatic rings. The predicted molar refractivity (Wildman–Crippen MR) is 75.9 cm³/mol. The van der Waals surface area contributed by atoms with E-state index in [0.29, 0.717) is 12.4 Å². The second-order valence-electron chi connectivity index (χ2n) is 4.46. The van der Waals surface area contributed by atoms with Gasteiger partial charge in [-0.25, -0.2) is 4.98 Å². The van der Waals surface area contributed by atoms with E-state index in [0.717, 1.165) is 17.5 Å². The first kappa shape index (κ1) is 13.8. The number of phenols is 1. The van der Waals surface area contributed by atoms with Gasteiger partial charge in [-0.1, -0.05) is 12.1 Å². The van der Waals surface area contributed by atoms with E-state index in [1.807, 2.05) is 12.1 Å². The van der Waals surface area contributed by atoms with Crippen molar-refractivity contribution < 1.29 is 10.0 Å². The standard InChI is InChI=1S/C14H15N3O3/c1-10-8-12(17(19)20)9-16-14(10)15-7-6-11-2-4-13(18)5-3-11/h2-5,8-9,18H,6-7H2,1H3,(H,15,16). The Morgan fingerprint density at radius 3 is 2.65 bits per heavy atom. The summed E-state index contributed by atoms with van der Waals surface area (Å²) in [5, 5.41) is 22.9. The molecule has 2 aromatic rings. The lowest BCUT2D eigenvalue weighted by Gasteiger charge is -2.08. The minimum absolute atomic E-state index is 0.00779. The summed E-state index contributed by atoms with van der Waals surface area (Å²) in [6.45, 7) is 2.44. The third-order valence-electron chi connectivity index (χ3n) is 2.92. The number of aryl methyl sites for hydroxylation is 1. The van der Waals surface area contributed by atoms with Gasteiger partial charge < -0.3 is 10.4 Å². The zero-order chi connectivity index (χ0) is 14.5. The molecule has 0 atom stereocenters. The number of nitrogens with zero attached hydrogens (tertiary/aromatic N) is 2. The van der Waals surface area contributed by atoms with Crippen LogP contribution in [0.15, 0.2) is 36.5 Å². The lowest BCUT2D eigenvalue weighted by Crippen LogP contribution is -2.08. The van der Waals surface area contributed by atoms with Crippen molar-refractivity contribution in [1.29, 1.82) is 0 Å². The summed E-state index contributed by atoms with van der Waals surface area (Å²) in [6, 6.07) is 8.49. The number of anilines is 1. The van der Waals surface area contributed by atoms with Gasteiger partial charge in [0.1, 0.15) is 17.8 Å². The molecule has 1 aromatic heterocycles. The van der Waals surface area contributed by atoms with Crippen LogP contribution >= 0.6 is 0 Å². The summed E-state index contributed by atoms with van der Waals surface area (Å²) in [6.07, 6.45) is 2.02. The summed E-state index contributed by atoms with van der Waals surface area (Å²) in [4.78, 5) is 14.2. The normalized spacial score (nSPS) is 10.2. The molecule has 6 nitrogen and oxygen atoms in total. The third-order valence-corrected chi connectivity index (χ3v) is 2.92. The van der Waals surface area contributed by atoms with Crippen molar-refractivity contribution in [2.24, 2.45) is 0 Å². The second-order valence-corrected chi connectivity index (χ2v) is 4.46. The first-order chi connectivity index (χ1) is 9.56. The highest BCUT2D eigenvalue weighted by Crippen LogP contribution is 2.18. The first-order valence-corrected chi connectivity index (χ1v) is 6.19. The number of pyridine rings is 1. The molecule has 2 N–H and O–H groups in total. The van der Waals surface area contributed by atoms with Gasteiger partial charge >= 0.3 is 0 Å². The molecule has 0 saturated carbocycles. The van der Waals surface area contributed by atoms with Gasteiger partial charge in [0.25, 0.3) is 5.69 Å². The summed E-state index contributed by atoms with van der Waals surface area (Å²) in [5.74, 6) is 0.893. The summed E-state index contributed by atoms with van der Waals surface area (Å²) in [5.41, 5.74) is 1.83. The van der Waals surface area contributed by atoms with Crippen molar-refractivity contribution >= 4 is 11.5 Å². The molecule has 0 bridgehead atoms. The van der Waals surface area contributed by atoms with E-state index >= 15 is 0 Å². The van der Waals surface area contributed by atoms with Gasteiger partial charge in [0.15, 0.2) is 0 Å². The number of hydrogen-bond acceptors (Lipinski definition) is 5. The Labute approximate surface area is 116 Å². The van der Waals surface area contributed by atoms with Gasteiger partial charge in [-0.05, 0) is 36.6 Å². The molecule has 0 saturated heterocycles. The van der Waals surface area contributed by atoms with Crippen LogP contribution in [0.4, 0.5) is 11.5 Å². The zero-order valence-corrected chi connectivity index (χ0v) is 11.0. The molecule has 20 heavy (non-hydrogen) atoms. The average Bonchev–Trinajstić information content (AvgIpc) is 2.42. The van der Waals surface area contributed by atoms with Gasteiger partial charge in [-0.3, -0.25) is 10.1 Å². The number of nitro groups is 1. The van der Waals surface area contributed by atoms with Crippen LogP contribution in [0.5, 0.6) is 5.75 Å². The molecule has 1 aromatic carbocycles. The molecule has 0 spiro atoms. The molecule has 6 heteroatoms. The highest BCUT2D eigenvalue weighted by Gasteiger charge is 2.08. The summed E-state index contributed by atoms with van der Waals surface area (Å²) in [7, 11) is 0. The Morgan fingerprint density at radius 2 is 2.05 bits per heavy atom. The lowest BCUT2D eigenvalue weighted by atomic mass is 10.1. The van der Waals surface area contributed by atoms with Crippen LogP contribution in [0.25, 0.3) is 0 Å². The number of aromatic hydroxyl groups is 1. The lowest BCUT2D eigenvalue weighted by molar-refractivity contribution is -0.385. The van der Waals surface area contributed by atoms with Crippen LogP contribution in [0.3, 0.4) is 0 Å². The Morgan fingerprint density at radius 1 is 1.35 bits per heavy atom. The maximum absolute atomic E-state index is 10.6. The van der Waals surface area contributed by atoms with E-state index in [2.05, 4.69) is 10.3 Å². The van der Waals surface area contributed by atoms with E-state index in [1.165, 1.54) is 12.3 Å². The van der Waals surface area contributed by atoms with Gasteiger partial charge in [-0.15, -0.1) is 0 Å². The highest BCUT2D eigenvalue weighted by atomic mass is 16.6. The Kier molecular flexibility index (Phi) is 4.14. The van der Waals surface area contributed by atoms with Gasteiger partial charge in [0.05, 0.1) is 4.92 Å². The SMILES string of the molecule is Cc1cc([N+](=O)[O-])cnc1NCCc1ccc(O)cc1. The topological polar surface area (TPSA) is 88.3 Å². The van der Waals surface area contributed by atoms with Crippen LogP contribution in [0, 0.1) is 17.0 Å². The van der Waals surface area contributed by atoms with Crippen molar-refractivity contribution in [3.8, 4) is 5.75 Å². The van der Waals surface area contributed by atoms with Crippen LogP contribution < -0.4 is 5.32 Å². The van der Waals surface area contributed by atoms with Gasteiger partial charge in [0.2, 0.25) is 0 Å². The zero-order valence-electron chi connectivity index (χ0n) is 11.0. The third kappa shape index (κ3) is 3.44. The predicted octanol–water partition coefficient (Wildman–Crippen LogP) is 2.66. The quantitative estimate of drug-likeness (QED) is 0.645. The fourth-order valence-electron chi connectivity index (χ4n) is 1.83. The van der Waals surface area contributed by atoms with E-state index in [1.54, 1.807) is 19.1 Å². The molecule has 104 valence electrons. The fraction of sp³-hybridized carbons (Fsp3) is 0.214. The number of benzene rings is 1. The van der Waals surface area contributed by atoms with Crippen LogP contribution in [-0.4, -0.2) is 21.6 Å². The van der Waals surface area contributed by atoms with Gasteiger partial charge in [-0.2, -0.15) is 0 Å². The van der Waals surface area contributed by atoms with E-state index in [9.17, 15) is 15.2 Å². The monoisotopic (exact) mass is 273 g/mol. The molecule has 0 aliphatic heterocycles. The van der Waals surface area contributed by atoms with Crippen molar-refractivity contribution in [3.05, 3.63) is 57.8 Å². The van der Waals surface area contributed by atoms with Crippen LogP contribution in [0.2, 0.25) is 0 Å². The van der Waals surface area contributed by atoms with E-state index in [4.69, 9.17) is 0 Å². The maximum Gasteiger partial charge on any atom is 0.287 e. The van der Waals surface area contributed by atoms with Crippen molar-refractivity contribution in [1.82, 2.24) is 4.98 Å². The molecular weight excluding hydrogens is 258 g/mol. The number of phenolic OH excluding ortho intramolecular Hbond substituents is 1. The van der Waals surface area contributed by atoms with E-state index < -0.39 is 4.92 Å². The Balaban J connectivity index is 1.94. The van der Waals surface area contributed by atoms with Crippen molar-refractivity contribution in [2.75, 3.05) is 11.9 Å². The molecule has 1 heterocycles. The fourth-order valence-corrected chi connectivity index (χ4v) is 1.83. The largest absolute Gasteiger partial charge is 0.508 e. The van der Waals surface area contributed by atoms with Crippen LogP contribution in [0.1, 0.15) is 11.1 Å². The molecule has 0 amide bonds. The minimum Gasteiger partial charge on any atom is -0.508 e. The Hall–Kier alpha value is -2.63. The second kappa shape index (κ2) is 6.01. The number of rotatable bonds is 5. The molecule has 0 unspecified atom stereocenters. The van der Waals surface area contributed by atoms with Crippen molar-refractivity contribution in [2.45, 2.75) is 13.3 Å². The number of nitrogens with one attached hydrogen (secondary N) is 1. The molecule has 2 rings (SSSR count). The summed E-state index contributed by atoms with van der Waals surface area (Å²) >= 11 is 0. The average molecular weight is 273 g/mol. The minimum atomic E-state index is -0.458. The summed E-state index contributed by atoms with van der Waals surface area (Å²) < 4.78 is 0. The first-order valence-electron chi connectivity index (χ1n) is 6.19.